The van der Waals surface area contributed by atoms with E-state index in [0.717, 1.165) is 45.1 Å². The van der Waals surface area contributed by atoms with Crippen LogP contribution in [-0.4, -0.2) is 162 Å². The van der Waals surface area contributed by atoms with Crippen LogP contribution in [0.5, 0.6) is 0 Å². The van der Waals surface area contributed by atoms with Gasteiger partial charge in [0.25, 0.3) is 0 Å². The second kappa shape index (κ2) is 34.0. The molecule has 10 unspecified atom stereocenters. The highest BCUT2D eigenvalue weighted by Gasteiger charge is 2.43. The van der Waals surface area contributed by atoms with Crippen molar-refractivity contribution in [3.8, 4) is 0 Å². The normalized spacial score (nSPS) is 26.6. The van der Waals surface area contributed by atoms with E-state index in [2.05, 4.69) is 22.9 Å². The maximum atomic E-state index is 13.4. The van der Waals surface area contributed by atoms with Gasteiger partial charge in [-0.3, -0.25) is 19.2 Å². The molecule has 0 aromatic rings. The van der Waals surface area contributed by atoms with Gasteiger partial charge in [-0.25, -0.2) is 0 Å². The molecule has 2 aliphatic heterocycles. The first kappa shape index (κ1) is 56.8. The third-order valence-corrected chi connectivity index (χ3v) is 11.7. The molecule has 2 fully saturated rings. The number of carbonyl (C=O) groups is 4. The largest absolute Gasteiger partial charge is 0.394 e. The van der Waals surface area contributed by atoms with E-state index in [1.165, 1.54) is 0 Å². The average Bonchev–Trinajstić information content (AvgIpc) is 3.27. The number of amides is 3. The van der Waals surface area contributed by atoms with Crippen molar-refractivity contribution >= 4 is 23.5 Å². The number of rotatable bonds is 36. The lowest BCUT2D eigenvalue weighted by molar-refractivity contribution is -0.282. The molecule has 0 spiro atoms. The molecule has 0 radical (unpaired) electrons. The molecule has 0 aliphatic carbocycles. The van der Waals surface area contributed by atoms with Gasteiger partial charge in [0.05, 0.1) is 31.5 Å². The van der Waals surface area contributed by atoms with Crippen molar-refractivity contribution in [3.63, 3.8) is 0 Å². The molecule has 368 valence electrons. The third kappa shape index (κ3) is 23.1. The van der Waals surface area contributed by atoms with E-state index in [1.807, 2.05) is 0 Å². The van der Waals surface area contributed by atoms with Crippen molar-refractivity contribution in [1.82, 2.24) is 16.0 Å². The van der Waals surface area contributed by atoms with E-state index in [-0.39, 0.29) is 29.9 Å². The van der Waals surface area contributed by atoms with Crippen molar-refractivity contribution in [2.75, 3.05) is 52.7 Å². The fraction of sp³-hybridized carbons (Fsp3) is 0.911. The van der Waals surface area contributed by atoms with Crippen LogP contribution in [0.2, 0.25) is 0 Å². The van der Waals surface area contributed by atoms with Crippen LogP contribution < -0.4 is 16.0 Å². The zero-order valence-corrected chi connectivity index (χ0v) is 38.3. The van der Waals surface area contributed by atoms with Crippen molar-refractivity contribution in [3.05, 3.63) is 0 Å². The topological polar surface area (TPSA) is 272 Å². The number of hydrogen-bond acceptors (Lipinski definition) is 15. The molecular weight excluding hydrogens is 823 g/mol. The minimum absolute atomic E-state index is 0.0170. The Bertz CT molecular complexity index is 1250. The molecule has 18 heteroatoms. The average molecular weight is 906 g/mol. The molecule has 2 saturated heterocycles. The summed E-state index contributed by atoms with van der Waals surface area (Å²) in [4.78, 5) is 50.9. The summed E-state index contributed by atoms with van der Waals surface area (Å²) >= 11 is 0. The lowest BCUT2D eigenvalue weighted by Gasteiger charge is -2.40. The lowest BCUT2D eigenvalue weighted by atomic mass is 9.92. The van der Waals surface area contributed by atoms with Gasteiger partial charge < -0.3 is 70.3 Å². The molecule has 3 amide bonds. The Balaban J connectivity index is 1.69. The van der Waals surface area contributed by atoms with E-state index in [4.69, 9.17) is 23.7 Å². The summed E-state index contributed by atoms with van der Waals surface area (Å²) in [6.07, 6.45) is 3.90. The fourth-order valence-corrected chi connectivity index (χ4v) is 7.57. The highest BCUT2D eigenvalue weighted by Crippen LogP contribution is 2.28. The first-order chi connectivity index (χ1) is 30.3. The monoisotopic (exact) mass is 906 g/mol. The maximum Gasteiger partial charge on any atom is 0.220 e. The van der Waals surface area contributed by atoms with Crippen molar-refractivity contribution in [2.24, 2.45) is 11.8 Å². The highest BCUT2D eigenvalue weighted by atomic mass is 16.7. The number of aliphatic hydroxyl groups is 6. The van der Waals surface area contributed by atoms with Crippen LogP contribution in [0, 0.1) is 11.8 Å². The summed E-state index contributed by atoms with van der Waals surface area (Å²) < 4.78 is 28.1. The lowest BCUT2D eigenvalue weighted by Crippen LogP contribution is -2.55. The van der Waals surface area contributed by atoms with Crippen molar-refractivity contribution in [1.29, 1.82) is 0 Å². The predicted octanol–water partition coefficient (Wildman–Crippen LogP) is 1.90. The Labute approximate surface area is 374 Å². The van der Waals surface area contributed by atoms with Crippen molar-refractivity contribution < 1.29 is 73.5 Å². The van der Waals surface area contributed by atoms with E-state index >= 15 is 0 Å². The Morgan fingerprint density at radius 2 is 1.00 bits per heavy atom. The molecular formula is C45H83N3O15. The van der Waals surface area contributed by atoms with Gasteiger partial charge in [0.2, 0.25) is 17.7 Å². The Kier molecular flexibility index (Phi) is 30.7. The van der Waals surface area contributed by atoms with E-state index in [0.29, 0.717) is 110 Å². The summed E-state index contributed by atoms with van der Waals surface area (Å²) in [5.41, 5.74) is 0. The number of unbranched alkanes of at least 4 members (excludes halogenated alkanes) is 8. The van der Waals surface area contributed by atoms with Crippen LogP contribution in [0.4, 0.5) is 0 Å². The van der Waals surface area contributed by atoms with Gasteiger partial charge in [-0.15, -0.1) is 0 Å². The van der Waals surface area contributed by atoms with Gasteiger partial charge in [-0.05, 0) is 70.6 Å². The SMILES string of the molecule is CCCOCCCNC(=O)CCCCCCC(=O)[C@H](CCCCNC(=O)CCCCCOC1OC(CO)C(O)C(O)C1C)NC(=O)CCCCCOC1OC(CO)C(O)C(O)C1C. The smallest absolute Gasteiger partial charge is 0.220 e. The molecule has 9 N–H and O–H groups in total. The molecule has 11 atom stereocenters. The zero-order chi connectivity index (χ0) is 46.4. The van der Waals surface area contributed by atoms with Crippen LogP contribution in [0.1, 0.15) is 143 Å². The van der Waals surface area contributed by atoms with Gasteiger partial charge in [0.1, 0.15) is 24.4 Å². The number of nitrogens with one attached hydrogen (secondary N) is 3. The number of ether oxygens (including phenoxy) is 5. The van der Waals surface area contributed by atoms with Crippen LogP contribution in [-0.2, 0) is 42.9 Å². The van der Waals surface area contributed by atoms with Gasteiger partial charge in [0.15, 0.2) is 18.4 Å². The summed E-state index contributed by atoms with van der Waals surface area (Å²) in [7, 11) is 0. The quantitative estimate of drug-likeness (QED) is 0.0407. The Hall–Kier alpha value is -2.36. The van der Waals surface area contributed by atoms with Crippen molar-refractivity contribution in [2.45, 2.75) is 198 Å². The zero-order valence-electron chi connectivity index (χ0n) is 38.3. The molecule has 63 heavy (non-hydrogen) atoms. The first-order valence-electron chi connectivity index (χ1n) is 23.8. The summed E-state index contributed by atoms with van der Waals surface area (Å²) in [5.74, 6) is -1.24. The standard InChI is InChI=1S/C45H83N3O15/c1-4-25-59-26-17-24-47-38(53)20-10-6-5-9-19-34(51)33(48-39(54)22-12-8-16-28-61-45-32(3)41(56)43(58)36(30-50)63-45)18-13-14-23-46-37(52)21-11-7-15-27-60-44-31(2)40(55)42(57)35(29-49)62-44/h31-33,35-36,40-45,49-50,55-58H,4-30H2,1-3H3,(H,46,52)(H,47,53)(H,48,54)/t31?,32?,33-,35?,36?,40?,41?,42?,43?,44?,45?/m0/s1. The van der Waals surface area contributed by atoms with Gasteiger partial charge >= 0.3 is 0 Å². The molecule has 2 heterocycles. The summed E-state index contributed by atoms with van der Waals surface area (Å²) in [6.45, 7) is 7.65. The molecule has 0 saturated carbocycles. The number of Topliss-reactive ketones (excluding diaryl/α,β-unsaturated/α-hetero) is 1. The fourth-order valence-electron chi connectivity index (χ4n) is 7.57. The molecule has 0 bridgehead atoms. The molecule has 0 aromatic carbocycles. The van der Waals surface area contributed by atoms with Crippen LogP contribution in [0.3, 0.4) is 0 Å². The molecule has 18 nitrogen and oxygen atoms in total. The Morgan fingerprint density at radius 1 is 0.540 bits per heavy atom. The van der Waals surface area contributed by atoms with Gasteiger partial charge in [-0.1, -0.05) is 46.5 Å². The first-order valence-corrected chi connectivity index (χ1v) is 23.8. The van der Waals surface area contributed by atoms with Crippen LogP contribution in [0.15, 0.2) is 0 Å². The molecule has 2 rings (SSSR count). The summed E-state index contributed by atoms with van der Waals surface area (Å²) in [5, 5.41) is 68.1. The number of aliphatic hydroxyl groups excluding tert-OH is 6. The van der Waals surface area contributed by atoms with E-state index in [1.54, 1.807) is 13.8 Å². The molecule has 0 aromatic heterocycles. The minimum Gasteiger partial charge on any atom is -0.394 e. The number of carbonyl (C=O) groups excluding carboxylic acids is 4. The highest BCUT2D eigenvalue weighted by molar-refractivity contribution is 5.89. The second-order valence-corrected chi connectivity index (χ2v) is 17.2. The van der Waals surface area contributed by atoms with Gasteiger partial charge in [-0.2, -0.15) is 0 Å². The van der Waals surface area contributed by atoms with E-state index < -0.39 is 80.3 Å². The van der Waals surface area contributed by atoms with Crippen LogP contribution in [0.25, 0.3) is 0 Å². The van der Waals surface area contributed by atoms with Crippen LogP contribution >= 0.6 is 0 Å². The van der Waals surface area contributed by atoms with Gasteiger partial charge in [0, 0.05) is 77.0 Å². The second-order valence-electron chi connectivity index (χ2n) is 17.2. The number of ketones is 1. The maximum absolute atomic E-state index is 13.4. The molecule has 2 aliphatic rings. The Morgan fingerprint density at radius 3 is 1.49 bits per heavy atom. The minimum atomic E-state index is -1.19. The van der Waals surface area contributed by atoms with E-state index in [9.17, 15) is 49.8 Å². The summed E-state index contributed by atoms with van der Waals surface area (Å²) in [6, 6.07) is -0.637. The number of hydrogen-bond donors (Lipinski definition) is 9. The third-order valence-electron chi connectivity index (χ3n) is 11.7. The predicted molar refractivity (Wildman–Crippen MR) is 233 cm³/mol.